The summed E-state index contributed by atoms with van der Waals surface area (Å²) in [4.78, 5) is 2.62. The molecule has 0 N–H and O–H groups in total. The smallest absolute Gasteiger partial charge is 0.151 e. The molecule has 0 saturated heterocycles. The van der Waals surface area contributed by atoms with Gasteiger partial charge in [-0.25, -0.2) is 0 Å². The van der Waals surface area contributed by atoms with Gasteiger partial charge >= 0.3 is 0 Å². The summed E-state index contributed by atoms with van der Waals surface area (Å²) in [5.41, 5.74) is 4.03. The van der Waals surface area contributed by atoms with Gasteiger partial charge < -0.3 is 4.74 Å². The van der Waals surface area contributed by atoms with Crippen molar-refractivity contribution in [2.24, 2.45) is 5.92 Å². The molecule has 1 aliphatic carbocycles. The molecule has 1 atom stereocenters. The Morgan fingerprint density at radius 1 is 1.00 bits per heavy atom. The summed E-state index contributed by atoms with van der Waals surface area (Å²) in [6, 6.07) is 17.4. The van der Waals surface area contributed by atoms with Gasteiger partial charge in [0.2, 0.25) is 0 Å². The summed E-state index contributed by atoms with van der Waals surface area (Å²) in [5, 5.41) is 0. The fraction of sp³-hybridized carbons (Fsp3) is 0.400. The lowest BCUT2D eigenvalue weighted by atomic mass is 9.82. The zero-order valence-corrected chi connectivity index (χ0v) is 12.8. The van der Waals surface area contributed by atoms with Gasteiger partial charge in [0.05, 0.1) is 0 Å². The van der Waals surface area contributed by atoms with Gasteiger partial charge in [-0.3, -0.25) is 4.90 Å². The van der Waals surface area contributed by atoms with Crippen LogP contribution in [0.4, 0.5) is 0 Å². The van der Waals surface area contributed by atoms with Crippen LogP contribution in [0, 0.1) is 5.92 Å². The maximum atomic E-state index is 6.55. The van der Waals surface area contributed by atoms with Crippen LogP contribution >= 0.6 is 0 Å². The quantitative estimate of drug-likeness (QED) is 0.835. The standard InChI is InChI=1S/C20H21NO/c1-3-7-18-17(6-1)13-21(12-15-9-10-15)14-20(18)11-16-5-2-4-8-19(16)22-20/h1-8,15H,9-14H2. The number of fused-ring (bicyclic) bond motifs is 3. The Morgan fingerprint density at radius 3 is 2.59 bits per heavy atom. The first kappa shape index (κ1) is 12.7. The number of para-hydroxylation sites is 1. The Labute approximate surface area is 131 Å². The van der Waals surface area contributed by atoms with Gasteiger partial charge in [-0.2, -0.15) is 0 Å². The van der Waals surface area contributed by atoms with Crippen molar-refractivity contribution in [1.29, 1.82) is 0 Å². The number of ether oxygens (including phenoxy) is 1. The normalized spacial score (nSPS) is 26.5. The molecule has 5 rings (SSSR count). The summed E-state index contributed by atoms with van der Waals surface area (Å²) in [5.74, 6) is 2.00. The van der Waals surface area contributed by atoms with Crippen molar-refractivity contribution in [2.75, 3.05) is 13.1 Å². The highest BCUT2D eigenvalue weighted by molar-refractivity contribution is 5.46. The van der Waals surface area contributed by atoms with Crippen molar-refractivity contribution in [2.45, 2.75) is 31.4 Å². The molecule has 22 heavy (non-hydrogen) atoms. The Morgan fingerprint density at radius 2 is 1.77 bits per heavy atom. The molecule has 2 aliphatic heterocycles. The second-order valence-corrected chi connectivity index (χ2v) is 7.15. The summed E-state index contributed by atoms with van der Waals surface area (Å²) < 4.78 is 6.55. The van der Waals surface area contributed by atoms with Crippen LogP contribution in [-0.2, 0) is 18.6 Å². The summed E-state index contributed by atoms with van der Waals surface area (Å²) >= 11 is 0. The monoisotopic (exact) mass is 291 g/mol. The van der Waals surface area contributed by atoms with E-state index >= 15 is 0 Å². The van der Waals surface area contributed by atoms with Crippen molar-refractivity contribution < 1.29 is 4.74 Å². The number of rotatable bonds is 2. The number of benzene rings is 2. The van der Waals surface area contributed by atoms with E-state index in [0.29, 0.717) is 0 Å². The molecule has 0 bridgehead atoms. The molecule has 1 saturated carbocycles. The fourth-order valence-electron chi connectivity index (χ4n) is 4.18. The lowest BCUT2D eigenvalue weighted by Gasteiger charge is -2.41. The van der Waals surface area contributed by atoms with E-state index in [1.807, 2.05) is 0 Å². The summed E-state index contributed by atoms with van der Waals surface area (Å²) in [6.07, 6.45) is 3.82. The van der Waals surface area contributed by atoms with Crippen LogP contribution in [0.5, 0.6) is 5.75 Å². The highest BCUT2D eigenvalue weighted by Crippen LogP contribution is 2.46. The maximum Gasteiger partial charge on any atom is 0.151 e. The predicted octanol–water partition coefficient (Wildman–Crippen LogP) is 3.74. The van der Waals surface area contributed by atoms with E-state index in [-0.39, 0.29) is 5.60 Å². The molecule has 112 valence electrons. The van der Waals surface area contributed by atoms with E-state index in [0.717, 1.165) is 31.2 Å². The molecule has 0 radical (unpaired) electrons. The highest BCUT2D eigenvalue weighted by atomic mass is 16.5. The minimum absolute atomic E-state index is 0.173. The SMILES string of the molecule is c1ccc2c(c1)CC1(CN(CC3CC3)Cc3ccccc31)O2. The van der Waals surface area contributed by atoms with E-state index in [9.17, 15) is 0 Å². The second kappa shape index (κ2) is 4.60. The van der Waals surface area contributed by atoms with E-state index in [2.05, 4.69) is 53.4 Å². The van der Waals surface area contributed by atoms with Crippen LogP contribution in [-0.4, -0.2) is 18.0 Å². The molecule has 1 spiro atoms. The molecule has 2 heteroatoms. The van der Waals surface area contributed by atoms with Crippen molar-refractivity contribution in [3.8, 4) is 5.75 Å². The van der Waals surface area contributed by atoms with Gasteiger partial charge in [-0.1, -0.05) is 42.5 Å². The average Bonchev–Trinajstić information content (AvgIpc) is 3.26. The predicted molar refractivity (Wildman–Crippen MR) is 86.9 cm³/mol. The minimum Gasteiger partial charge on any atom is -0.481 e. The van der Waals surface area contributed by atoms with E-state index in [4.69, 9.17) is 4.74 Å². The van der Waals surface area contributed by atoms with Crippen LogP contribution in [0.2, 0.25) is 0 Å². The molecule has 0 aromatic heterocycles. The molecule has 3 aliphatic rings. The molecule has 2 aromatic carbocycles. The van der Waals surface area contributed by atoms with Gasteiger partial charge in [0, 0.05) is 31.6 Å². The molecule has 1 fully saturated rings. The second-order valence-electron chi connectivity index (χ2n) is 7.15. The molecule has 1 unspecified atom stereocenters. The van der Waals surface area contributed by atoms with Crippen LogP contribution in [0.25, 0.3) is 0 Å². The summed E-state index contributed by atoms with van der Waals surface area (Å²) in [6.45, 7) is 3.33. The zero-order valence-electron chi connectivity index (χ0n) is 12.8. The lowest BCUT2D eigenvalue weighted by molar-refractivity contribution is 0.0239. The maximum absolute atomic E-state index is 6.55. The van der Waals surface area contributed by atoms with Crippen molar-refractivity contribution in [3.63, 3.8) is 0 Å². The van der Waals surface area contributed by atoms with Crippen LogP contribution in [0.15, 0.2) is 48.5 Å². The van der Waals surface area contributed by atoms with Crippen LogP contribution in [0.3, 0.4) is 0 Å². The molecule has 2 nitrogen and oxygen atoms in total. The summed E-state index contributed by atoms with van der Waals surface area (Å²) in [7, 11) is 0. The van der Waals surface area contributed by atoms with E-state index < -0.39 is 0 Å². The fourth-order valence-corrected chi connectivity index (χ4v) is 4.18. The van der Waals surface area contributed by atoms with E-state index in [1.165, 1.54) is 36.1 Å². The zero-order chi connectivity index (χ0) is 14.6. The van der Waals surface area contributed by atoms with Crippen LogP contribution in [0.1, 0.15) is 29.5 Å². The van der Waals surface area contributed by atoms with Crippen molar-refractivity contribution in [1.82, 2.24) is 4.90 Å². The van der Waals surface area contributed by atoms with E-state index in [1.54, 1.807) is 0 Å². The number of hydrogen-bond acceptors (Lipinski definition) is 2. The van der Waals surface area contributed by atoms with Gasteiger partial charge in [0.15, 0.2) is 5.60 Å². The Balaban J connectivity index is 1.56. The molecule has 2 heterocycles. The molecular formula is C20H21NO. The van der Waals surface area contributed by atoms with Crippen molar-refractivity contribution in [3.05, 3.63) is 65.2 Å². The van der Waals surface area contributed by atoms with Crippen LogP contribution < -0.4 is 4.74 Å². The first-order valence-electron chi connectivity index (χ1n) is 8.40. The Bertz CT molecular complexity index is 694. The Hall–Kier alpha value is -1.80. The van der Waals surface area contributed by atoms with Gasteiger partial charge in [0.25, 0.3) is 0 Å². The molecule has 0 amide bonds. The number of nitrogens with zero attached hydrogens (tertiary/aromatic N) is 1. The van der Waals surface area contributed by atoms with Gasteiger partial charge in [-0.05, 0) is 36.0 Å². The lowest BCUT2D eigenvalue weighted by Crippen LogP contribution is -2.49. The third kappa shape index (κ3) is 1.98. The number of hydrogen-bond donors (Lipinski definition) is 0. The van der Waals surface area contributed by atoms with Gasteiger partial charge in [0.1, 0.15) is 5.75 Å². The van der Waals surface area contributed by atoms with Crippen molar-refractivity contribution >= 4 is 0 Å². The highest BCUT2D eigenvalue weighted by Gasteiger charge is 2.46. The largest absolute Gasteiger partial charge is 0.481 e. The first-order valence-corrected chi connectivity index (χ1v) is 8.40. The molecule has 2 aromatic rings. The minimum atomic E-state index is -0.173. The van der Waals surface area contributed by atoms with Gasteiger partial charge in [-0.15, -0.1) is 0 Å². The third-order valence-corrected chi connectivity index (χ3v) is 5.35. The Kier molecular flexibility index (Phi) is 2.66. The topological polar surface area (TPSA) is 12.5 Å². The third-order valence-electron chi connectivity index (χ3n) is 5.35. The average molecular weight is 291 g/mol. The molecular weight excluding hydrogens is 270 g/mol. The first-order chi connectivity index (χ1) is 10.8.